The summed E-state index contributed by atoms with van der Waals surface area (Å²) in [4.78, 5) is 28.9. The van der Waals surface area contributed by atoms with Crippen LogP contribution in [0.4, 0.5) is 0 Å². The highest BCUT2D eigenvalue weighted by molar-refractivity contribution is 5.81. The number of allylic oxidation sites excluding steroid dienone is 2. The van der Waals surface area contributed by atoms with E-state index in [1.165, 1.54) is 0 Å². The summed E-state index contributed by atoms with van der Waals surface area (Å²) >= 11 is 0. The number of carbonyl (C=O) groups excluding carboxylic acids is 2. The standard InChI is InChI=1S/C17H26N2O3/c20-16(12-14-4-1-2-5-14)19-7-3-6-15(13-19)17(21)18-8-10-22-11-9-18/h1,4,14-15H,2-3,5-13H2/t14-,15-/m0/s1. The van der Waals surface area contributed by atoms with E-state index in [2.05, 4.69) is 12.2 Å². The Morgan fingerprint density at radius 2 is 1.91 bits per heavy atom. The smallest absolute Gasteiger partial charge is 0.227 e. The number of ether oxygens (including phenoxy) is 1. The lowest BCUT2D eigenvalue weighted by Gasteiger charge is -2.36. The number of piperidine rings is 1. The molecule has 0 spiro atoms. The summed E-state index contributed by atoms with van der Waals surface area (Å²) in [5.74, 6) is 0.815. The molecular weight excluding hydrogens is 280 g/mol. The van der Waals surface area contributed by atoms with Gasteiger partial charge in [-0.25, -0.2) is 0 Å². The van der Waals surface area contributed by atoms with Crippen LogP contribution >= 0.6 is 0 Å². The number of likely N-dealkylation sites (tertiary alicyclic amines) is 1. The monoisotopic (exact) mass is 306 g/mol. The molecule has 5 heteroatoms. The fraction of sp³-hybridized carbons (Fsp3) is 0.765. The molecule has 0 radical (unpaired) electrons. The van der Waals surface area contributed by atoms with Gasteiger partial charge in [0.15, 0.2) is 0 Å². The van der Waals surface area contributed by atoms with Crippen LogP contribution in [0.2, 0.25) is 0 Å². The summed E-state index contributed by atoms with van der Waals surface area (Å²) in [6.45, 7) is 4.06. The molecule has 2 fully saturated rings. The van der Waals surface area contributed by atoms with Crippen molar-refractivity contribution in [3.05, 3.63) is 12.2 Å². The van der Waals surface area contributed by atoms with E-state index < -0.39 is 0 Å². The molecule has 3 rings (SSSR count). The summed E-state index contributed by atoms with van der Waals surface area (Å²) in [5, 5.41) is 0. The van der Waals surface area contributed by atoms with Crippen molar-refractivity contribution in [2.45, 2.75) is 32.1 Å². The van der Waals surface area contributed by atoms with Gasteiger partial charge in [-0.15, -0.1) is 0 Å². The lowest BCUT2D eigenvalue weighted by molar-refractivity contribution is -0.144. The summed E-state index contributed by atoms with van der Waals surface area (Å²) in [7, 11) is 0. The first kappa shape index (κ1) is 15.5. The minimum atomic E-state index is -0.0186. The number of carbonyl (C=O) groups is 2. The number of amides is 2. The normalized spacial score (nSPS) is 28.9. The van der Waals surface area contributed by atoms with Crippen LogP contribution < -0.4 is 0 Å². The van der Waals surface area contributed by atoms with Crippen LogP contribution in [-0.4, -0.2) is 61.0 Å². The molecule has 2 atom stereocenters. The van der Waals surface area contributed by atoms with Gasteiger partial charge in [-0.1, -0.05) is 12.2 Å². The maximum Gasteiger partial charge on any atom is 0.227 e. The Labute approximate surface area is 132 Å². The Hall–Kier alpha value is -1.36. The largest absolute Gasteiger partial charge is 0.378 e. The van der Waals surface area contributed by atoms with E-state index >= 15 is 0 Å². The summed E-state index contributed by atoms with van der Waals surface area (Å²) in [6.07, 6.45) is 8.97. The number of morpholine rings is 1. The van der Waals surface area contributed by atoms with Crippen LogP contribution in [0, 0.1) is 11.8 Å². The van der Waals surface area contributed by atoms with Gasteiger partial charge >= 0.3 is 0 Å². The highest BCUT2D eigenvalue weighted by atomic mass is 16.5. The maximum absolute atomic E-state index is 12.6. The number of hydrogen-bond donors (Lipinski definition) is 0. The third-order valence-corrected chi connectivity index (χ3v) is 5.00. The molecule has 2 aliphatic heterocycles. The van der Waals surface area contributed by atoms with E-state index in [9.17, 15) is 9.59 Å². The van der Waals surface area contributed by atoms with Crippen LogP contribution in [0.25, 0.3) is 0 Å². The second-order valence-electron chi connectivity index (χ2n) is 6.59. The molecular formula is C17H26N2O3. The first-order valence-corrected chi connectivity index (χ1v) is 8.55. The van der Waals surface area contributed by atoms with Gasteiger partial charge in [-0.2, -0.15) is 0 Å². The van der Waals surface area contributed by atoms with Crippen LogP contribution in [0.5, 0.6) is 0 Å². The Balaban J connectivity index is 1.52. The molecule has 1 aliphatic carbocycles. The third-order valence-electron chi connectivity index (χ3n) is 5.00. The zero-order valence-electron chi connectivity index (χ0n) is 13.2. The van der Waals surface area contributed by atoms with Gasteiger partial charge in [0.2, 0.25) is 11.8 Å². The predicted molar refractivity (Wildman–Crippen MR) is 83.2 cm³/mol. The van der Waals surface area contributed by atoms with Crippen LogP contribution in [0.3, 0.4) is 0 Å². The zero-order valence-corrected chi connectivity index (χ0v) is 13.2. The molecule has 0 unspecified atom stereocenters. The van der Waals surface area contributed by atoms with E-state index in [0.717, 1.165) is 32.2 Å². The Bertz CT molecular complexity index is 443. The lowest BCUT2D eigenvalue weighted by Crippen LogP contribution is -2.49. The van der Waals surface area contributed by atoms with Crippen molar-refractivity contribution in [1.29, 1.82) is 0 Å². The molecule has 0 aromatic rings. The molecule has 122 valence electrons. The van der Waals surface area contributed by atoms with Gasteiger partial charge < -0.3 is 14.5 Å². The van der Waals surface area contributed by atoms with Crippen molar-refractivity contribution < 1.29 is 14.3 Å². The third kappa shape index (κ3) is 3.69. The molecule has 0 aromatic carbocycles. The summed E-state index contributed by atoms with van der Waals surface area (Å²) < 4.78 is 5.31. The van der Waals surface area contributed by atoms with Gasteiger partial charge in [-0.3, -0.25) is 9.59 Å². The van der Waals surface area contributed by atoms with Crippen LogP contribution in [0.1, 0.15) is 32.1 Å². The fourth-order valence-electron chi connectivity index (χ4n) is 3.67. The summed E-state index contributed by atoms with van der Waals surface area (Å²) in [5.41, 5.74) is 0. The first-order valence-electron chi connectivity index (χ1n) is 8.55. The first-order chi connectivity index (χ1) is 10.7. The van der Waals surface area contributed by atoms with Gasteiger partial charge in [0, 0.05) is 32.6 Å². The topological polar surface area (TPSA) is 49.9 Å². The Kier molecular flexibility index (Phi) is 5.13. The van der Waals surface area contributed by atoms with Crippen LogP contribution in [0.15, 0.2) is 12.2 Å². The van der Waals surface area contributed by atoms with E-state index in [0.29, 0.717) is 45.2 Å². The molecule has 5 nitrogen and oxygen atoms in total. The van der Waals surface area contributed by atoms with Crippen molar-refractivity contribution in [3.8, 4) is 0 Å². The molecule has 0 saturated carbocycles. The highest BCUT2D eigenvalue weighted by Crippen LogP contribution is 2.24. The van der Waals surface area contributed by atoms with Gasteiger partial charge in [0.05, 0.1) is 19.1 Å². The van der Waals surface area contributed by atoms with E-state index in [4.69, 9.17) is 4.74 Å². The average molecular weight is 306 g/mol. The van der Waals surface area contributed by atoms with Crippen molar-refractivity contribution in [1.82, 2.24) is 9.80 Å². The summed E-state index contributed by atoms with van der Waals surface area (Å²) in [6, 6.07) is 0. The molecule has 0 N–H and O–H groups in total. The maximum atomic E-state index is 12.6. The molecule has 22 heavy (non-hydrogen) atoms. The Morgan fingerprint density at radius 1 is 1.09 bits per heavy atom. The van der Waals surface area contributed by atoms with Crippen molar-refractivity contribution >= 4 is 11.8 Å². The minimum absolute atomic E-state index is 0.0186. The van der Waals surface area contributed by atoms with E-state index in [-0.39, 0.29) is 17.7 Å². The zero-order chi connectivity index (χ0) is 15.4. The van der Waals surface area contributed by atoms with Gasteiger partial charge in [-0.05, 0) is 31.6 Å². The number of hydrogen-bond acceptors (Lipinski definition) is 3. The van der Waals surface area contributed by atoms with Gasteiger partial charge in [0.25, 0.3) is 0 Å². The van der Waals surface area contributed by atoms with Crippen molar-refractivity contribution in [3.63, 3.8) is 0 Å². The average Bonchev–Trinajstić information content (AvgIpc) is 3.08. The second kappa shape index (κ2) is 7.27. The molecule has 0 aromatic heterocycles. The lowest BCUT2D eigenvalue weighted by atomic mass is 9.95. The molecule has 2 heterocycles. The highest BCUT2D eigenvalue weighted by Gasteiger charge is 2.32. The Morgan fingerprint density at radius 3 is 2.64 bits per heavy atom. The van der Waals surface area contributed by atoms with Crippen molar-refractivity contribution in [2.75, 3.05) is 39.4 Å². The van der Waals surface area contributed by atoms with Crippen LogP contribution in [-0.2, 0) is 14.3 Å². The molecule has 3 aliphatic rings. The molecule has 2 amide bonds. The van der Waals surface area contributed by atoms with E-state index in [1.54, 1.807) is 0 Å². The molecule has 0 bridgehead atoms. The fourth-order valence-corrected chi connectivity index (χ4v) is 3.67. The minimum Gasteiger partial charge on any atom is -0.378 e. The SMILES string of the molecule is O=C(C[C@H]1C=CCC1)N1CCC[C@H](C(=O)N2CCOCC2)C1. The van der Waals surface area contributed by atoms with E-state index in [1.807, 2.05) is 9.80 Å². The molecule has 2 saturated heterocycles. The van der Waals surface area contributed by atoms with Gasteiger partial charge in [0.1, 0.15) is 0 Å². The number of nitrogens with zero attached hydrogens (tertiary/aromatic N) is 2. The number of rotatable bonds is 3. The quantitative estimate of drug-likeness (QED) is 0.741. The predicted octanol–water partition coefficient (Wildman–Crippen LogP) is 1.44. The van der Waals surface area contributed by atoms with Crippen molar-refractivity contribution in [2.24, 2.45) is 11.8 Å². The second-order valence-corrected chi connectivity index (χ2v) is 6.59.